The maximum Gasteiger partial charge on any atom is 0.251 e. The topological polar surface area (TPSA) is 54.0 Å². The molecular formula is C10H15N3OS. The van der Waals surface area contributed by atoms with Crippen LogP contribution in [0.1, 0.15) is 10.4 Å². The first-order valence-corrected chi connectivity index (χ1v) is 6.08. The van der Waals surface area contributed by atoms with Crippen LogP contribution in [0.15, 0.2) is 18.3 Å². The number of hydrogen-bond donors (Lipinski definition) is 2. The summed E-state index contributed by atoms with van der Waals surface area (Å²) in [6.07, 6.45) is 3.63. The number of hydrogen-bond acceptors (Lipinski definition) is 4. The van der Waals surface area contributed by atoms with E-state index in [-0.39, 0.29) is 5.91 Å². The molecule has 1 amide bonds. The highest BCUT2D eigenvalue weighted by Gasteiger charge is 2.04. The van der Waals surface area contributed by atoms with Crippen molar-refractivity contribution in [1.29, 1.82) is 0 Å². The van der Waals surface area contributed by atoms with Crippen molar-refractivity contribution in [2.45, 2.75) is 0 Å². The zero-order valence-electron chi connectivity index (χ0n) is 8.91. The molecule has 0 aliphatic rings. The highest BCUT2D eigenvalue weighted by atomic mass is 32.2. The molecular weight excluding hydrogens is 210 g/mol. The second-order valence-corrected chi connectivity index (χ2v) is 3.91. The summed E-state index contributed by atoms with van der Waals surface area (Å²) in [4.78, 5) is 15.7. The van der Waals surface area contributed by atoms with E-state index in [1.165, 1.54) is 0 Å². The fraction of sp³-hybridized carbons (Fsp3) is 0.400. The lowest BCUT2D eigenvalue weighted by atomic mass is 10.2. The van der Waals surface area contributed by atoms with E-state index in [9.17, 15) is 4.79 Å². The SMILES string of the molecule is CNc1cc(C(=O)NCCSC)ccn1. The van der Waals surface area contributed by atoms with Crippen LogP contribution < -0.4 is 10.6 Å². The maximum atomic E-state index is 11.6. The summed E-state index contributed by atoms with van der Waals surface area (Å²) in [5, 5.41) is 5.73. The van der Waals surface area contributed by atoms with E-state index in [4.69, 9.17) is 0 Å². The quantitative estimate of drug-likeness (QED) is 0.740. The largest absolute Gasteiger partial charge is 0.373 e. The van der Waals surface area contributed by atoms with Gasteiger partial charge in [-0.2, -0.15) is 11.8 Å². The Balaban J connectivity index is 2.57. The van der Waals surface area contributed by atoms with Gasteiger partial charge < -0.3 is 10.6 Å². The molecule has 0 saturated carbocycles. The molecule has 0 aliphatic heterocycles. The molecule has 82 valence electrons. The van der Waals surface area contributed by atoms with E-state index >= 15 is 0 Å². The first-order chi connectivity index (χ1) is 7.27. The molecule has 0 bridgehead atoms. The minimum Gasteiger partial charge on any atom is -0.373 e. The third kappa shape index (κ3) is 3.79. The number of nitrogens with one attached hydrogen (secondary N) is 2. The molecule has 0 atom stereocenters. The van der Waals surface area contributed by atoms with Gasteiger partial charge in [-0.3, -0.25) is 4.79 Å². The van der Waals surface area contributed by atoms with Crippen LogP contribution in [0.4, 0.5) is 5.82 Å². The summed E-state index contributed by atoms with van der Waals surface area (Å²) in [5.74, 6) is 1.57. The second kappa shape index (κ2) is 6.29. The summed E-state index contributed by atoms with van der Waals surface area (Å²) in [7, 11) is 1.78. The van der Waals surface area contributed by atoms with Gasteiger partial charge >= 0.3 is 0 Å². The fourth-order valence-electron chi connectivity index (χ4n) is 1.08. The van der Waals surface area contributed by atoms with E-state index in [1.807, 2.05) is 6.26 Å². The van der Waals surface area contributed by atoms with Gasteiger partial charge in [0.25, 0.3) is 5.91 Å². The molecule has 1 heterocycles. The van der Waals surface area contributed by atoms with Crippen LogP contribution in [0.25, 0.3) is 0 Å². The Labute approximate surface area is 93.9 Å². The number of amides is 1. The monoisotopic (exact) mass is 225 g/mol. The zero-order chi connectivity index (χ0) is 11.1. The number of anilines is 1. The van der Waals surface area contributed by atoms with Gasteiger partial charge in [-0.25, -0.2) is 4.98 Å². The molecule has 1 rings (SSSR count). The van der Waals surface area contributed by atoms with Gasteiger partial charge in [0.05, 0.1) is 0 Å². The number of carbonyl (C=O) groups excluding carboxylic acids is 1. The molecule has 0 radical (unpaired) electrons. The average Bonchev–Trinajstić information content (AvgIpc) is 2.29. The molecule has 1 aromatic heterocycles. The Kier molecular flexibility index (Phi) is 4.97. The summed E-state index contributed by atoms with van der Waals surface area (Å²) < 4.78 is 0. The third-order valence-electron chi connectivity index (χ3n) is 1.87. The zero-order valence-corrected chi connectivity index (χ0v) is 9.73. The first kappa shape index (κ1) is 11.8. The van der Waals surface area contributed by atoms with Crippen molar-refractivity contribution in [2.75, 3.05) is 30.9 Å². The van der Waals surface area contributed by atoms with Crippen LogP contribution in [0.2, 0.25) is 0 Å². The fourth-order valence-corrected chi connectivity index (χ4v) is 1.38. The van der Waals surface area contributed by atoms with E-state index in [0.29, 0.717) is 17.9 Å². The van der Waals surface area contributed by atoms with Gasteiger partial charge in [-0.1, -0.05) is 0 Å². The van der Waals surface area contributed by atoms with E-state index < -0.39 is 0 Å². The molecule has 0 spiro atoms. The Morgan fingerprint density at radius 1 is 1.60 bits per heavy atom. The molecule has 1 aromatic rings. The third-order valence-corrected chi connectivity index (χ3v) is 2.48. The lowest BCUT2D eigenvalue weighted by molar-refractivity contribution is 0.0956. The van der Waals surface area contributed by atoms with E-state index in [0.717, 1.165) is 5.75 Å². The van der Waals surface area contributed by atoms with Crippen molar-refractivity contribution < 1.29 is 4.79 Å². The van der Waals surface area contributed by atoms with Crippen LogP contribution >= 0.6 is 11.8 Å². The van der Waals surface area contributed by atoms with Gasteiger partial charge in [0.1, 0.15) is 5.82 Å². The molecule has 5 heteroatoms. The normalized spacial score (nSPS) is 9.73. The van der Waals surface area contributed by atoms with Crippen LogP contribution in [0.3, 0.4) is 0 Å². The Bertz CT molecular complexity index is 330. The highest BCUT2D eigenvalue weighted by Crippen LogP contribution is 2.05. The predicted octanol–water partition coefficient (Wildman–Crippen LogP) is 1.22. The summed E-state index contributed by atoms with van der Waals surface area (Å²) >= 11 is 1.71. The lowest BCUT2D eigenvalue weighted by Gasteiger charge is -2.05. The van der Waals surface area contributed by atoms with Crippen molar-refractivity contribution in [3.63, 3.8) is 0 Å². The van der Waals surface area contributed by atoms with Crippen molar-refractivity contribution >= 4 is 23.5 Å². The smallest absolute Gasteiger partial charge is 0.251 e. The minimum absolute atomic E-state index is 0.0528. The van der Waals surface area contributed by atoms with Gasteiger partial charge in [0.2, 0.25) is 0 Å². The molecule has 0 aliphatic carbocycles. The molecule has 0 unspecified atom stereocenters. The molecule has 0 aromatic carbocycles. The molecule has 2 N–H and O–H groups in total. The summed E-state index contributed by atoms with van der Waals surface area (Å²) in [6, 6.07) is 3.43. The number of rotatable bonds is 5. The van der Waals surface area contributed by atoms with Gasteiger partial charge in [0, 0.05) is 31.1 Å². The van der Waals surface area contributed by atoms with Gasteiger partial charge in [-0.15, -0.1) is 0 Å². The Morgan fingerprint density at radius 2 is 2.40 bits per heavy atom. The van der Waals surface area contributed by atoms with Crippen LogP contribution in [-0.4, -0.2) is 36.5 Å². The number of pyridine rings is 1. The predicted molar refractivity (Wildman–Crippen MR) is 64.5 cm³/mol. The summed E-state index contributed by atoms with van der Waals surface area (Å²) in [5.41, 5.74) is 0.635. The number of carbonyl (C=O) groups is 1. The minimum atomic E-state index is -0.0528. The number of aromatic nitrogens is 1. The van der Waals surface area contributed by atoms with Crippen LogP contribution in [-0.2, 0) is 0 Å². The van der Waals surface area contributed by atoms with E-state index in [1.54, 1.807) is 37.1 Å². The summed E-state index contributed by atoms with van der Waals surface area (Å²) in [6.45, 7) is 0.692. The molecule has 15 heavy (non-hydrogen) atoms. The van der Waals surface area contributed by atoms with Gasteiger partial charge in [0.15, 0.2) is 0 Å². The number of thioether (sulfide) groups is 1. The second-order valence-electron chi connectivity index (χ2n) is 2.93. The Hall–Kier alpha value is -1.23. The molecule has 0 saturated heterocycles. The van der Waals surface area contributed by atoms with Crippen molar-refractivity contribution in [3.8, 4) is 0 Å². The van der Waals surface area contributed by atoms with Crippen LogP contribution in [0.5, 0.6) is 0 Å². The van der Waals surface area contributed by atoms with Crippen molar-refractivity contribution in [2.24, 2.45) is 0 Å². The lowest BCUT2D eigenvalue weighted by Crippen LogP contribution is -2.25. The standard InChI is InChI=1S/C10H15N3OS/c1-11-9-7-8(3-4-12-9)10(14)13-5-6-15-2/h3-4,7H,5-6H2,1-2H3,(H,11,12)(H,13,14). The van der Waals surface area contributed by atoms with Crippen molar-refractivity contribution in [1.82, 2.24) is 10.3 Å². The van der Waals surface area contributed by atoms with Crippen molar-refractivity contribution in [3.05, 3.63) is 23.9 Å². The highest BCUT2D eigenvalue weighted by molar-refractivity contribution is 7.98. The average molecular weight is 225 g/mol. The number of nitrogens with zero attached hydrogens (tertiary/aromatic N) is 1. The molecule has 0 fully saturated rings. The van der Waals surface area contributed by atoms with Gasteiger partial charge in [-0.05, 0) is 18.4 Å². The Morgan fingerprint density at radius 3 is 3.07 bits per heavy atom. The van der Waals surface area contributed by atoms with E-state index in [2.05, 4.69) is 15.6 Å². The maximum absolute atomic E-state index is 11.6. The molecule has 4 nitrogen and oxygen atoms in total. The van der Waals surface area contributed by atoms with Crippen LogP contribution in [0, 0.1) is 0 Å². The first-order valence-electron chi connectivity index (χ1n) is 4.69.